The van der Waals surface area contributed by atoms with Gasteiger partial charge in [-0.25, -0.2) is 9.37 Å². The highest BCUT2D eigenvalue weighted by atomic mass is 19.1. The van der Waals surface area contributed by atoms with Crippen molar-refractivity contribution >= 4 is 18.3 Å². The van der Waals surface area contributed by atoms with Gasteiger partial charge in [0, 0.05) is 18.3 Å². The summed E-state index contributed by atoms with van der Waals surface area (Å²) in [4.78, 5) is 30.8. The van der Waals surface area contributed by atoms with Crippen LogP contribution < -0.4 is 4.74 Å². The molecule has 1 aliphatic rings. The van der Waals surface area contributed by atoms with Crippen molar-refractivity contribution in [2.45, 2.75) is 25.8 Å². The van der Waals surface area contributed by atoms with Crippen molar-refractivity contribution in [2.24, 2.45) is 0 Å². The van der Waals surface area contributed by atoms with Gasteiger partial charge >= 0.3 is 0 Å². The van der Waals surface area contributed by atoms with Gasteiger partial charge in [0.15, 0.2) is 0 Å². The Labute approximate surface area is 186 Å². The Morgan fingerprint density at radius 1 is 1.19 bits per heavy atom. The molecule has 3 aromatic rings. The van der Waals surface area contributed by atoms with Crippen molar-refractivity contribution in [3.05, 3.63) is 83.2 Å². The fraction of sp³-hybridized carbons (Fsp3) is 0.240. The zero-order valence-corrected chi connectivity index (χ0v) is 18.0. The maximum Gasteiger partial charge on any atom is 0.250 e. The monoisotopic (exact) mass is 433 g/mol. The number of halogens is 1. The maximum absolute atomic E-state index is 13.3. The molecule has 0 spiro atoms. The Morgan fingerprint density at radius 2 is 1.97 bits per heavy atom. The van der Waals surface area contributed by atoms with Crippen LogP contribution in [0.25, 0.3) is 11.8 Å². The number of carbonyl (C=O) groups excluding carboxylic acids is 2. The molecule has 1 fully saturated rings. The van der Waals surface area contributed by atoms with E-state index in [0.29, 0.717) is 29.9 Å². The molecule has 4 rings (SSSR count). The second-order valence-corrected chi connectivity index (χ2v) is 7.76. The molecule has 7 heteroatoms. The normalized spacial score (nSPS) is 16.3. The van der Waals surface area contributed by atoms with E-state index < -0.39 is 6.04 Å². The first-order chi connectivity index (χ1) is 15.5. The molecule has 164 valence electrons. The predicted octanol–water partition coefficient (Wildman–Crippen LogP) is 4.27. The van der Waals surface area contributed by atoms with Crippen LogP contribution in [0.15, 0.2) is 60.6 Å². The molecule has 1 saturated heterocycles. The van der Waals surface area contributed by atoms with Crippen molar-refractivity contribution in [3.8, 4) is 11.4 Å². The number of imidazole rings is 1. The summed E-state index contributed by atoms with van der Waals surface area (Å²) in [7, 11) is 1.60. The second kappa shape index (κ2) is 9.18. The molecule has 0 bridgehead atoms. The maximum atomic E-state index is 13.3. The summed E-state index contributed by atoms with van der Waals surface area (Å²) >= 11 is 0. The lowest BCUT2D eigenvalue weighted by atomic mass is 9.97. The Morgan fingerprint density at radius 3 is 2.62 bits per heavy atom. The Bertz CT molecular complexity index is 1170. The van der Waals surface area contributed by atoms with Gasteiger partial charge in [-0.15, -0.1) is 0 Å². The SMILES string of the molecule is COc1cc(C=C2CCCN(C(C=O)c3ccc(F)cc3)C2=O)ccc1-n1cnc(C)c1. The molecule has 2 aromatic carbocycles. The highest BCUT2D eigenvalue weighted by Gasteiger charge is 2.30. The minimum Gasteiger partial charge on any atom is -0.495 e. The minimum absolute atomic E-state index is 0.189. The highest BCUT2D eigenvalue weighted by molar-refractivity contribution is 6.00. The average molecular weight is 433 g/mol. The second-order valence-electron chi connectivity index (χ2n) is 7.76. The number of methoxy groups -OCH3 is 1. The van der Waals surface area contributed by atoms with E-state index in [1.807, 2.05) is 42.0 Å². The van der Waals surface area contributed by atoms with Crippen LogP contribution in [0.5, 0.6) is 5.75 Å². The molecule has 6 nitrogen and oxygen atoms in total. The Balaban J connectivity index is 1.61. The molecule has 1 amide bonds. The number of hydrogen-bond acceptors (Lipinski definition) is 4. The standard InChI is InChI=1S/C25H24FN3O3/c1-17-14-28(16-27-17)22-10-5-18(13-24(22)32-2)12-20-4-3-11-29(25(20)31)23(15-30)19-6-8-21(26)9-7-19/h5-10,12-16,23H,3-4,11H2,1-2H3. The van der Waals surface area contributed by atoms with E-state index in [1.165, 1.54) is 12.1 Å². The summed E-state index contributed by atoms with van der Waals surface area (Å²) in [5.41, 5.74) is 3.80. The van der Waals surface area contributed by atoms with Gasteiger partial charge in [-0.05, 0) is 61.2 Å². The first-order valence-corrected chi connectivity index (χ1v) is 10.4. The molecule has 0 aliphatic carbocycles. The number of ether oxygens (including phenoxy) is 1. The molecular weight excluding hydrogens is 409 g/mol. The van der Waals surface area contributed by atoms with Gasteiger partial charge in [0.2, 0.25) is 0 Å². The molecule has 0 N–H and O–H groups in total. The van der Waals surface area contributed by atoms with Crippen molar-refractivity contribution < 1.29 is 18.7 Å². The van der Waals surface area contributed by atoms with Crippen LogP contribution in [0.3, 0.4) is 0 Å². The summed E-state index contributed by atoms with van der Waals surface area (Å²) in [6.07, 6.45) is 7.57. The first kappa shape index (κ1) is 21.5. The zero-order chi connectivity index (χ0) is 22.7. The molecule has 1 aliphatic heterocycles. The van der Waals surface area contributed by atoms with Crippen LogP contribution in [0.1, 0.15) is 35.7 Å². The Kier molecular flexibility index (Phi) is 6.16. The van der Waals surface area contributed by atoms with E-state index in [4.69, 9.17) is 4.74 Å². The zero-order valence-electron chi connectivity index (χ0n) is 18.0. The van der Waals surface area contributed by atoms with Gasteiger partial charge < -0.3 is 19.0 Å². The number of aldehydes is 1. The van der Waals surface area contributed by atoms with E-state index in [1.54, 1.807) is 30.5 Å². The number of piperidine rings is 1. The van der Waals surface area contributed by atoms with Crippen LogP contribution in [0, 0.1) is 12.7 Å². The van der Waals surface area contributed by atoms with E-state index in [0.717, 1.165) is 29.7 Å². The topological polar surface area (TPSA) is 64.4 Å². The third-order valence-corrected chi connectivity index (χ3v) is 5.59. The number of amides is 1. The molecule has 32 heavy (non-hydrogen) atoms. The molecule has 0 radical (unpaired) electrons. The number of hydrogen-bond donors (Lipinski definition) is 0. The lowest BCUT2D eigenvalue weighted by Gasteiger charge is -2.33. The van der Waals surface area contributed by atoms with Gasteiger partial charge in [0.05, 0.1) is 24.8 Å². The lowest BCUT2D eigenvalue weighted by Crippen LogP contribution is -2.40. The first-order valence-electron chi connectivity index (χ1n) is 10.4. The van der Waals surface area contributed by atoms with Crippen LogP contribution in [0.2, 0.25) is 0 Å². The average Bonchev–Trinajstić information content (AvgIpc) is 3.23. The Hall–Kier alpha value is -3.74. The fourth-order valence-electron chi connectivity index (χ4n) is 3.98. The molecule has 1 aromatic heterocycles. The van der Waals surface area contributed by atoms with Crippen LogP contribution >= 0.6 is 0 Å². The number of rotatable bonds is 6. The lowest BCUT2D eigenvalue weighted by molar-refractivity contribution is -0.134. The van der Waals surface area contributed by atoms with Crippen molar-refractivity contribution in [1.29, 1.82) is 0 Å². The summed E-state index contributed by atoms with van der Waals surface area (Å²) in [5, 5.41) is 0. The van der Waals surface area contributed by atoms with E-state index >= 15 is 0 Å². The number of nitrogens with zero attached hydrogens (tertiary/aromatic N) is 3. The third-order valence-electron chi connectivity index (χ3n) is 5.59. The summed E-state index contributed by atoms with van der Waals surface area (Å²) < 4.78 is 20.7. The summed E-state index contributed by atoms with van der Waals surface area (Å²) in [6.45, 7) is 2.39. The van der Waals surface area contributed by atoms with Crippen molar-refractivity contribution in [2.75, 3.05) is 13.7 Å². The smallest absolute Gasteiger partial charge is 0.250 e. The number of benzene rings is 2. The number of likely N-dealkylation sites (tertiary alicyclic amines) is 1. The molecule has 1 unspecified atom stereocenters. The fourth-order valence-corrected chi connectivity index (χ4v) is 3.98. The molecular formula is C25H24FN3O3. The van der Waals surface area contributed by atoms with Gasteiger partial charge in [-0.2, -0.15) is 0 Å². The van der Waals surface area contributed by atoms with Gasteiger partial charge in [-0.1, -0.05) is 18.2 Å². The number of carbonyl (C=O) groups is 2. The highest BCUT2D eigenvalue weighted by Crippen LogP contribution is 2.30. The van der Waals surface area contributed by atoms with Gasteiger partial charge in [-0.3, -0.25) is 4.79 Å². The van der Waals surface area contributed by atoms with Gasteiger partial charge in [0.1, 0.15) is 23.9 Å². The molecule has 2 heterocycles. The van der Waals surface area contributed by atoms with Crippen LogP contribution in [-0.2, 0) is 9.59 Å². The number of aromatic nitrogens is 2. The van der Waals surface area contributed by atoms with Crippen LogP contribution in [-0.4, -0.2) is 40.3 Å². The largest absolute Gasteiger partial charge is 0.495 e. The molecule has 0 saturated carbocycles. The minimum atomic E-state index is -0.742. The van der Waals surface area contributed by atoms with E-state index in [-0.39, 0.29) is 11.7 Å². The predicted molar refractivity (Wildman–Crippen MR) is 119 cm³/mol. The quantitative estimate of drug-likeness (QED) is 0.430. The van der Waals surface area contributed by atoms with Gasteiger partial charge in [0.25, 0.3) is 5.91 Å². The molecule has 1 atom stereocenters. The van der Waals surface area contributed by atoms with Crippen molar-refractivity contribution in [1.82, 2.24) is 14.5 Å². The number of aryl methyl sites for hydroxylation is 1. The van der Waals surface area contributed by atoms with E-state index in [9.17, 15) is 14.0 Å². The van der Waals surface area contributed by atoms with Crippen LogP contribution in [0.4, 0.5) is 4.39 Å². The summed E-state index contributed by atoms with van der Waals surface area (Å²) in [6, 6.07) is 10.7. The van der Waals surface area contributed by atoms with E-state index in [2.05, 4.69) is 4.98 Å². The summed E-state index contributed by atoms with van der Waals surface area (Å²) in [5.74, 6) is 0.0899. The van der Waals surface area contributed by atoms with Crippen molar-refractivity contribution in [3.63, 3.8) is 0 Å². The third kappa shape index (κ3) is 4.32.